The van der Waals surface area contributed by atoms with E-state index in [-0.39, 0.29) is 0 Å². The van der Waals surface area contributed by atoms with Gasteiger partial charge in [0.25, 0.3) is 0 Å². The smallest absolute Gasteiger partial charge is 0.244 e. The molecular weight excluding hydrogens is 184 g/mol. The highest BCUT2D eigenvalue weighted by atomic mass is 16.4. The first kappa shape index (κ1) is 12.6. The Labute approximate surface area is 83.4 Å². The lowest BCUT2D eigenvalue weighted by Crippen LogP contribution is -3.05. The predicted octanol–water partition coefficient (Wildman–Crippen LogP) is -3.06. The third-order valence-corrected chi connectivity index (χ3v) is 1.52. The molecule has 0 aromatic rings. The first-order valence-corrected chi connectivity index (χ1v) is 4.48. The second-order valence-electron chi connectivity index (χ2n) is 3.25. The Morgan fingerprint density at radius 2 is 2.00 bits per heavy atom. The van der Waals surface area contributed by atoms with Gasteiger partial charge in [0.2, 0.25) is 5.91 Å². The van der Waals surface area contributed by atoms with Crippen LogP contribution in [0.15, 0.2) is 12.2 Å². The van der Waals surface area contributed by atoms with Crippen LogP contribution in [0.4, 0.5) is 0 Å². The van der Waals surface area contributed by atoms with E-state index in [4.69, 9.17) is 0 Å². The molecule has 0 aliphatic carbocycles. The second kappa shape index (κ2) is 7.08. The summed E-state index contributed by atoms with van der Waals surface area (Å²) in [5.41, 5.74) is 0. The lowest BCUT2D eigenvalue weighted by Gasteiger charge is -2.06. The van der Waals surface area contributed by atoms with Crippen LogP contribution in [-0.2, 0) is 9.59 Å². The molecule has 0 rings (SSSR count). The summed E-state index contributed by atoms with van der Waals surface area (Å²) in [6.45, 7) is 1.52. The minimum atomic E-state index is -1.36. The zero-order chi connectivity index (χ0) is 11.0. The molecule has 80 valence electrons. The van der Waals surface area contributed by atoms with Crippen molar-refractivity contribution in [2.45, 2.75) is 6.42 Å². The van der Waals surface area contributed by atoms with Crippen molar-refractivity contribution < 1.29 is 19.6 Å². The van der Waals surface area contributed by atoms with E-state index in [2.05, 4.69) is 5.32 Å². The zero-order valence-corrected chi connectivity index (χ0v) is 8.50. The molecule has 0 spiro atoms. The van der Waals surface area contributed by atoms with Crippen molar-refractivity contribution in [2.24, 2.45) is 0 Å². The molecule has 1 amide bonds. The normalized spacial score (nSPS) is 10.8. The maximum Gasteiger partial charge on any atom is 0.244 e. The minimum Gasteiger partial charge on any atom is -0.545 e. The Bertz CT molecular complexity index is 224. The van der Waals surface area contributed by atoms with Crippen LogP contribution < -0.4 is 15.3 Å². The molecule has 0 unspecified atom stereocenters. The Morgan fingerprint density at radius 1 is 1.36 bits per heavy atom. The second-order valence-corrected chi connectivity index (χ2v) is 3.25. The highest BCUT2D eigenvalue weighted by Gasteiger charge is 1.96. The number of carboxylic acids is 1. The predicted molar refractivity (Wildman–Crippen MR) is 49.5 cm³/mol. The highest BCUT2D eigenvalue weighted by molar-refractivity contribution is 5.93. The van der Waals surface area contributed by atoms with E-state index < -0.39 is 11.9 Å². The molecule has 14 heavy (non-hydrogen) atoms. The molecule has 0 aliphatic rings. The SMILES string of the molecule is C[NH+](C)CCCNC(=O)C=CC(=O)[O-]. The van der Waals surface area contributed by atoms with Gasteiger partial charge >= 0.3 is 0 Å². The fourth-order valence-electron chi connectivity index (χ4n) is 0.856. The van der Waals surface area contributed by atoms with Crippen LogP contribution in [0.25, 0.3) is 0 Å². The molecule has 2 N–H and O–H groups in total. The van der Waals surface area contributed by atoms with E-state index in [1.807, 2.05) is 14.1 Å². The van der Waals surface area contributed by atoms with Crippen LogP contribution in [-0.4, -0.2) is 39.1 Å². The van der Waals surface area contributed by atoms with Gasteiger partial charge in [-0.05, 0) is 6.08 Å². The molecule has 0 saturated heterocycles. The highest BCUT2D eigenvalue weighted by Crippen LogP contribution is 1.74. The third kappa shape index (κ3) is 8.73. The number of carboxylic acid groups (broad SMARTS) is 1. The fourth-order valence-corrected chi connectivity index (χ4v) is 0.856. The van der Waals surface area contributed by atoms with E-state index >= 15 is 0 Å². The summed E-state index contributed by atoms with van der Waals surface area (Å²) in [6, 6.07) is 0. The number of amides is 1. The maximum absolute atomic E-state index is 10.9. The first-order valence-electron chi connectivity index (χ1n) is 4.48. The van der Waals surface area contributed by atoms with Gasteiger partial charge in [0.15, 0.2) is 0 Å². The van der Waals surface area contributed by atoms with Gasteiger partial charge in [0, 0.05) is 19.0 Å². The molecule has 5 heteroatoms. The Hall–Kier alpha value is -1.36. The summed E-state index contributed by atoms with van der Waals surface area (Å²) in [5, 5.41) is 12.5. The summed E-state index contributed by atoms with van der Waals surface area (Å²) in [5.74, 6) is -1.76. The molecule has 0 atom stereocenters. The van der Waals surface area contributed by atoms with E-state index in [0.29, 0.717) is 12.6 Å². The van der Waals surface area contributed by atoms with E-state index in [9.17, 15) is 14.7 Å². The molecule has 5 nitrogen and oxygen atoms in total. The number of rotatable bonds is 6. The minimum absolute atomic E-state index is 0.400. The van der Waals surface area contributed by atoms with Crippen molar-refractivity contribution in [1.82, 2.24) is 5.32 Å². The Balaban J connectivity index is 3.50. The van der Waals surface area contributed by atoms with Crippen molar-refractivity contribution in [3.63, 3.8) is 0 Å². The number of carbonyl (C=O) groups is 2. The molecule has 0 radical (unpaired) electrons. The summed E-state index contributed by atoms with van der Waals surface area (Å²) in [7, 11) is 4.05. The summed E-state index contributed by atoms with van der Waals surface area (Å²) in [4.78, 5) is 22.1. The van der Waals surface area contributed by atoms with Crippen LogP contribution in [0.3, 0.4) is 0 Å². The van der Waals surface area contributed by atoms with Gasteiger partial charge in [-0.2, -0.15) is 0 Å². The quantitative estimate of drug-likeness (QED) is 0.353. The molecule has 0 fully saturated rings. The average Bonchev–Trinajstić information content (AvgIpc) is 2.08. The van der Waals surface area contributed by atoms with E-state index in [0.717, 1.165) is 19.0 Å². The van der Waals surface area contributed by atoms with Crippen molar-refractivity contribution in [1.29, 1.82) is 0 Å². The molecule has 0 aromatic heterocycles. The number of hydrogen-bond acceptors (Lipinski definition) is 3. The molecule has 0 heterocycles. The Morgan fingerprint density at radius 3 is 2.50 bits per heavy atom. The van der Waals surface area contributed by atoms with Crippen molar-refractivity contribution in [2.75, 3.05) is 27.2 Å². The van der Waals surface area contributed by atoms with Gasteiger partial charge in [-0.15, -0.1) is 0 Å². The average molecular weight is 200 g/mol. The number of quaternary nitrogens is 1. The van der Waals surface area contributed by atoms with Crippen LogP contribution in [0, 0.1) is 0 Å². The number of nitrogens with one attached hydrogen (secondary N) is 2. The fraction of sp³-hybridized carbons (Fsp3) is 0.556. The standard InChI is InChI=1S/C9H16N2O3/c1-11(2)7-3-6-10-8(12)4-5-9(13)14/h4-5H,3,6-7H2,1-2H3,(H,10,12)(H,13,14). The number of aliphatic carboxylic acids is 1. The summed E-state index contributed by atoms with van der Waals surface area (Å²) in [6.07, 6.45) is 2.54. The first-order chi connectivity index (χ1) is 6.52. The van der Waals surface area contributed by atoms with Crippen LogP contribution >= 0.6 is 0 Å². The van der Waals surface area contributed by atoms with Crippen molar-refractivity contribution in [3.05, 3.63) is 12.2 Å². The lowest BCUT2D eigenvalue weighted by molar-refractivity contribution is -0.858. The molecular formula is C9H16N2O3. The van der Waals surface area contributed by atoms with Crippen LogP contribution in [0.1, 0.15) is 6.42 Å². The topological polar surface area (TPSA) is 73.7 Å². The van der Waals surface area contributed by atoms with Gasteiger partial charge < -0.3 is 20.1 Å². The summed E-state index contributed by atoms with van der Waals surface area (Å²) >= 11 is 0. The molecule has 0 saturated carbocycles. The van der Waals surface area contributed by atoms with Gasteiger partial charge in [0.05, 0.1) is 26.6 Å². The number of hydrogen-bond donors (Lipinski definition) is 2. The van der Waals surface area contributed by atoms with Gasteiger partial charge in [-0.25, -0.2) is 0 Å². The molecule has 0 aromatic carbocycles. The Kier molecular flexibility index (Phi) is 6.39. The van der Waals surface area contributed by atoms with E-state index in [1.54, 1.807) is 0 Å². The summed E-state index contributed by atoms with van der Waals surface area (Å²) < 4.78 is 0. The largest absolute Gasteiger partial charge is 0.545 e. The van der Waals surface area contributed by atoms with Gasteiger partial charge in [-0.3, -0.25) is 4.79 Å². The maximum atomic E-state index is 10.9. The molecule has 0 bridgehead atoms. The lowest BCUT2D eigenvalue weighted by atomic mass is 10.4. The van der Waals surface area contributed by atoms with E-state index in [1.165, 1.54) is 4.90 Å². The van der Waals surface area contributed by atoms with Crippen LogP contribution in [0.2, 0.25) is 0 Å². The zero-order valence-electron chi connectivity index (χ0n) is 8.50. The third-order valence-electron chi connectivity index (χ3n) is 1.52. The molecule has 0 aliphatic heterocycles. The van der Waals surface area contributed by atoms with Gasteiger partial charge in [0.1, 0.15) is 0 Å². The monoisotopic (exact) mass is 200 g/mol. The van der Waals surface area contributed by atoms with Gasteiger partial charge in [-0.1, -0.05) is 0 Å². The van der Waals surface area contributed by atoms with Crippen molar-refractivity contribution in [3.8, 4) is 0 Å². The number of carbonyl (C=O) groups excluding carboxylic acids is 2. The van der Waals surface area contributed by atoms with Crippen molar-refractivity contribution >= 4 is 11.9 Å². The van der Waals surface area contributed by atoms with Crippen LogP contribution in [0.5, 0.6) is 0 Å².